The van der Waals surface area contributed by atoms with Crippen LogP contribution in [0.2, 0.25) is 0 Å². The largest absolute Gasteiger partial charge is 0.416 e. The summed E-state index contributed by atoms with van der Waals surface area (Å²) in [5.74, 6) is -1.91. The highest BCUT2D eigenvalue weighted by atomic mass is 19.4. The molecule has 0 aliphatic carbocycles. The number of fused-ring (bicyclic) bond motifs is 1. The minimum absolute atomic E-state index is 0.00399. The molecule has 224 valence electrons. The van der Waals surface area contributed by atoms with Gasteiger partial charge in [-0.2, -0.15) is 26.3 Å². The van der Waals surface area contributed by atoms with Crippen molar-refractivity contribution in [3.8, 4) is 0 Å². The molecule has 41 heavy (non-hydrogen) atoms. The number of nitrogens with one attached hydrogen (secondary N) is 1. The third kappa shape index (κ3) is 6.83. The second-order valence-electron chi connectivity index (χ2n) is 11.2. The Kier molecular flexibility index (Phi) is 8.18. The van der Waals surface area contributed by atoms with Gasteiger partial charge in [0, 0.05) is 31.0 Å². The lowest BCUT2D eigenvalue weighted by atomic mass is 9.84. The maximum absolute atomic E-state index is 13.7. The van der Waals surface area contributed by atoms with Crippen molar-refractivity contribution in [3.63, 3.8) is 0 Å². The first-order valence-electron chi connectivity index (χ1n) is 12.9. The maximum atomic E-state index is 13.7. The van der Waals surface area contributed by atoms with Gasteiger partial charge in [0.05, 0.1) is 28.9 Å². The molecule has 2 amide bonds. The first-order valence-corrected chi connectivity index (χ1v) is 12.9. The fraction of sp³-hybridized carbons (Fsp3) is 0.500. The predicted molar refractivity (Wildman–Crippen MR) is 134 cm³/mol. The molecule has 2 aliphatic heterocycles. The monoisotopic (exact) mass is 589 g/mol. The number of carbonyl (C=O) groups is 2. The van der Waals surface area contributed by atoms with Crippen molar-refractivity contribution in [1.29, 1.82) is 0 Å². The van der Waals surface area contributed by atoms with Crippen LogP contribution in [0, 0.1) is 5.82 Å². The molecule has 2 aromatic rings. The number of benzene rings is 2. The molecular formula is C28H30F7N3O3. The van der Waals surface area contributed by atoms with Gasteiger partial charge >= 0.3 is 12.4 Å². The van der Waals surface area contributed by atoms with E-state index >= 15 is 0 Å². The van der Waals surface area contributed by atoms with Crippen LogP contribution in [0.15, 0.2) is 42.5 Å². The third-order valence-corrected chi connectivity index (χ3v) is 7.49. The van der Waals surface area contributed by atoms with E-state index in [1.807, 2.05) is 0 Å². The van der Waals surface area contributed by atoms with Crippen molar-refractivity contribution in [3.05, 3.63) is 70.5 Å². The lowest BCUT2D eigenvalue weighted by molar-refractivity contribution is -0.143. The molecule has 13 heteroatoms. The number of nitrogens with zero attached hydrogens (tertiary/aromatic N) is 1. The molecule has 2 aromatic carbocycles. The van der Waals surface area contributed by atoms with Crippen molar-refractivity contribution < 1.29 is 45.1 Å². The Labute approximate surface area is 232 Å². The number of hydrogen-bond donors (Lipinski definition) is 2. The first kappa shape index (κ1) is 30.8. The van der Waals surface area contributed by atoms with Crippen LogP contribution in [-0.4, -0.2) is 47.0 Å². The minimum atomic E-state index is -5.02. The zero-order valence-corrected chi connectivity index (χ0v) is 22.4. The van der Waals surface area contributed by atoms with E-state index in [0.717, 1.165) is 0 Å². The average molecular weight is 590 g/mol. The number of carbonyl (C=O) groups excluding carboxylic acids is 2. The highest BCUT2D eigenvalue weighted by Crippen LogP contribution is 2.44. The van der Waals surface area contributed by atoms with Gasteiger partial charge in [0.15, 0.2) is 0 Å². The topological polar surface area (TPSA) is 84.7 Å². The zero-order valence-electron chi connectivity index (χ0n) is 22.4. The van der Waals surface area contributed by atoms with Gasteiger partial charge in [-0.3, -0.25) is 9.59 Å². The Hall–Kier alpha value is -3.19. The third-order valence-electron chi connectivity index (χ3n) is 7.49. The highest BCUT2D eigenvalue weighted by molar-refractivity contribution is 5.86. The average Bonchev–Trinajstić information content (AvgIpc) is 3.21. The Morgan fingerprint density at radius 3 is 2.10 bits per heavy atom. The van der Waals surface area contributed by atoms with Crippen molar-refractivity contribution in [2.24, 2.45) is 5.73 Å². The Balaban J connectivity index is 1.67. The van der Waals surface area contributed by atoms with Crippen LogP contribution >= 0.6 is 0 Å². The lowest BCUT2D eigenvalue weighted by Crippen LogP contribution is -2.56. The smallest absolute Gasteiger partial charge is 0.368 e. The lowest BCUT2D eigenvalue weighted by Gasteiger charge is -2.38. The minimum Gasteiger partial charge on any atom is -0.368 e. The van der Waals surface area contributed by atoms with Crippen LogP contribution in [0.3, 0.4) is 0 Å². The van der Waals surface area contributed by atoms with Gasteiger partial charge in [0.1, 0.15) is 5.82 Å². The standard InChI is InChI=1S/C28H30F7N3O3/c1-14(16-8-17(27(30,31)32)10-18(9-16)28(33,34)35)41-22-13-38-21(24(22)15-4-6-19(29)7-5-15)11-20(12-23(38)39)37-25(40)26(2,3)36/h4-10,14,20-22,24H,11-13,36H2,1-3H3,(H,37,40)/t14-,20?,21+,22+,24?/m1/s1. The summed E-state index contributed by atoms with van der Waals surface area (Å²) in [5.41, 5.74) is 1.97. The second-order valence-corrected chi connectivity index (χ2v) is 11.2. The molecule has 0 radical (unpaired) electrons. The molecule has 3 N–H and O–H groups in total. The summed E-state index contributed by atoms with van der Waals surface area (Å²) in [4.78, 5) is 27.2. The molecule has 0 saturated carbocycles. The molecule has 2 fully saturated rings. The molecule has 0 bridgehead atoms. The molecule has 5 atom stereocenters. The van der Waals surface area contributed by atoms with Crippen molar-refractivity contribution >= 4 is 11.8 Å². The summed E-state index contributed by atoms with van der Waals surface area (Å²) in [6.07, 6.45) is -11.9. The van der Waals surface area contributed by atoms with E-state index in [0.29, 0.717) is 17.7 Å². The number of amides is 2. The van der Waals surface area contributed by atoms with Crippen LogP contribution in [0.5, 0.6) is 0 Å². The van der Waals surface area contributed by atoms with Gasteiger partial charge in [0.25, 0.3) is 0 Å². The maximum Gasteiger partial charge on any atom is 0.416 e. The van der Waals surface area contributed by atoms with E-state index in [9.17, 15) is 40.3 Å². The fourth-order valence-corrected chi connectivity index (χ4v) is 5.43. The van der Waals surface area contributed by atoms with Gasteiger partial charge in [-0.25, -0.2) is 4.39 Å². The van der Waals surface area contributed by atoms with Gasteiger partial charge < -0.3 is 20.7 Å². The van der Waals surface area contributed by atoms with Crippen LogP contribution in [0.4, 0.5) is 30.7 Å². The SMILES string of the molecule is C[C@@H](O[C@H]1CN2C(=O)CC(NC(=O)C(C)(C)N)C[C@H]2C1c1ccc(F)cc1)c1cc(C(F)(F)F)cc(C(F)(F)F)c1. The molecule has 2 unspecified atom stereocenters. The molecule has 2 heterocycles. The summed E-state index contributed by atoms with van der Waals surface area (Å²) in [7, 11) is 0. The second kappa shape index (κ2) is 10.9. The predicted octanol–water partition coefficient (Wildman–Crippen LogP) is 5.32. The number of nitrogens with two attached hydrogens (primary N) is 1. The molecule has 4 rings (SSSR count). The number of hydrogen-bond acceptors (Lipinski definition) is 4. The fourth-order valence-electron chi connectivity index (χ4n) is 5.43. The van der Waals surface area contributed by atoms with E-state index in [4.69, 9.17) is 10.5 Å². The molecular weight excluding hydrogens is 559 g/mol. The van der Waals surface area contributed by atoms with E-state index < -0.39 is 71.0 Å². The van der Waals surface area contributed by atoms with Crippen molar-refractivity contribution in [1.82, 2.24) is 10.2 Å². The van der Waals surface area contributed by atoms with Crippen molar-refractivity contribution in [2.75, 3.05) is 6.54 Å². The molecule has 0 spiro atoms. The zero-order chi connectivity index (χ0) is 30.5. The molecule has 2 aliphatic rings. The van der Waals surface area contributed by atoms with Gasteiger partial charge in [-0.1, -0.05) is 12.1 Å². The van der Waals surface area contributed by atoms with Crippen LogP contribution < -0.4 is 11.1 Å². The van der Waals surface area contributed by atoms with E-state index in [1.165, 1.54) is 49.9 Å². The number of rotatable bonds is 6. The number of ether oxygens (including phenoxy) is 1. The summed E-state index contributed by atoms with van der Waals surface area (Å²) in [6.45, 7) is 4.37. The molecule has 2 saturated heterocycles. The number of alkyl halides is 6. The first-order chi connectivity index (χ1) is 18.8. The van der Waals surface area contributed by atoms with Crippen LogP contribution in [0.25, 0.3) is 0 Å². The van der Waals surface area contributed by atoms with E-state index in [1.54, 1.807) is 0 Å². The van der Waals surface area contributed by atoms with E-state index in [-0.39, 0.29) is 36.9 Å². The van der Waals surface area contributed by atoms with Gasteiger partial charge in [-0.05, 0) is 68.7 Å². The quantitative estimate of drug-likeness (QED) is 0.447. The summed E-state index contributed by atoms with van der Waals surface area (Å²) in [5, 5.41) is 2.78. The molecule has 6 nitrogen and oxygen atoms in total. The number of halogens is 7. The Bertz CT molecular complexity index is 1260. The number of piperidine rings is 1. The van der Waals surface area contributed by atoms with Gasteiger partial charge in [-0.15, -0.1) is 0 Å². The van der Waals surface area contributed by atoms with Crippen LogP contribution in [0.1, 0.15) is 67.9 Å². The molecule has 0 aromatic heterocycles. The summed E-state index contributed by atoms with van der Waals surface area (Å²) >= 11 is 0. The summed E-state index contributed by atoms with van der Waals surface area (Å²) < 4.78 is 101. The normalized spacial score (nSPS) is 24.3. The van der Waals surface area contributed by atoms with Crippen LogP contribution in [-0.2, 0) is 26.7 Å². The summed E-state index contributed by atoms with van der Waals surface area (Å²) in [6, 6.07) is 5.56. The van der Waals surface area contributed by atoms with E-state index in [2.05, 4.69) is 5.32 Å². The Morgan fingerprint density at radius 2 is 1.59 bits per heavy atom. The van der Waals surface area contributed by atoms with Crippen molar-refractivity contribution in [2.45, 2.75) is 81.7 Å². The highest BCUT2D eigenvalue weighted by Gasteiger charge is 2.50. The van der Waals surface area contributed by atoms with Gasteiger partial charge in [0.2, 0.25) is 11.8 Å². The Morgan fingerprint density at radius 1 is 1.02 bits per heavy atom.